The van der Waals surface area contributed by atoms with E-state index in [0.29, 0.717) is 11.0 Å². The van der Waals surface area contributed by atoms with E-state index in [-0.39, 0.29) is 11.7 Å². The minimum absolute atomic E-state index is 0.0683. The van der Waals surface area contributed by atoms with Gasteiger partial charge in [0.25, 0.3) is 0 Å². The molecule has 0 aliphatic rings. The molecule has 8 heteroatoms. The van der Waals surface area contributed by atoms with Gasteiger partial charge in [-0.1, -0.05) is 25.6 Å². The van der Waals surface area contributed by atoms with Crippen molar-refractivity contribution in [2.75, 3.05) is 12.9 Å². The van der Waals surface area contributed by atoms with Gasteiger partial charge in [0.05, 0.1) is 12.9 Å². The fourth-order valence-electron chi connectivity index (χ4n) is 1.55. The van der Waals surface area contributed by atoms with Crippen LogP contribution in [0, 0.1) is 0 Å². The molecule has 0 aliphatic heterocycles. The van der Waals surface area contributed by atoms with Gasteiger partial charge in [0, 0.05) is 5.92 Å². The number of hydrogen-bond acceptors (Lipinski definition) is 6. The molecule has 7 nitrogen and oxygen atoms in total. The molecule has 0 saturated heterocycles. The fourth-order valence-corrected chi connectivity index (χ4v) is 2.29. The Kier molecular flexibility index (Phi) is 5.34. The average Bonchev–Trinajstić information content (AvgIpc) is 2.78. The lowest BCUT2D eigenvalue weighted by molar-refractivity contribution is -0.144. The zero-order valence-corrected chi connectivity index (χ0v) is 12.1. The van der Waals surface area contributed by atoms with Gasteiger partial charge < -0.3 is 9.84 Å². The normalized spacial score (nSPS) is 12.5. The standard InChI is InChI=1S/C11H17N3O4S/c1-6(2)9-12-13-11(19-5-8(15)16)14(9)7(3)10(17)18-4/h6-7H,5H2,1-4H3,(H,15,16). The molecule has 1 rings (SSSR count). The molecule has 1 unspecified atom stereocenters. The minimum atomic E-state index is -0.948. The number of aromatic nitrogens is 3. The number of carboxylic acids is 1. The molecule has 1 aromatic heterocycles. The minimum Gasteiger partial charge on any atom is -0.481 e. The van der Waals surface area contributed by atoms with Gasteiger partial charge in [0.1, 0.15) is 11.9 Å². The maximum Gasteiger partial charge on any atom is 0.328 e. The van der Waals surface area contributed by atoms with Crippen LogP contribution >= 0.6 is 11.8 Å². The first-order valence-electron chi connectivity index (χ1n) is 5.75. The van der Waals surface area contributed by atoms with E-state index in [1.807, 2.05) is 13.8 Å². The van der Waals surface area contributed by atoms with Gasteiger partial charge in [-0.2, -0.15) is 0 Å². The van der Waals surface area contributed by atoms with Gasteiger partial charge >= 0.3 is 11.9 Å². The largest absolute Gasteiger partial charge is 0.481 e. The number of thioether (sulfide) groups is 1. The highest BCUT2D eigenvalue weighted by Gasteiger charge is 2.25. The molecule has 0 spiro atoms. The highest BCUT2D eigenvalue weighted by atomic mass is 32.2. The van der Waals surface area contributed by atoms with Crippen molar-refractivity contribution in [3.05, 3.63) is 5.82 Å². The van der Waals surface area contributed by atoms with Crippen LogP contribution in [0.3, 0.4) is 0 Å². The molecule has 1 heterocycles. The molecule has 0 amide bonds. The quantitative estimate of drug-likeness (QED) is 0.622. The zero-order valence-electron chi connectivity index (χ0n) is 11.3. The lowest BCUT2D eigenvalue weighted by Crippen LogP contribution is -2.21. The third kappa shape index (κ3) is 3.69. The van der Waals surface area contributed by atoms with Crippen LogP contribution in [-0.2, 0) is 14.3 Å². The van der Waals surface area contributed by atoms with Gasteiger partial charge in [-0.05, 0) is 6.92 Å². The lowest BCUT2D eigenvalue weighted by atomic mass is 10.2. The summed E-state index contributed by atoms with van der Waals surface area (Å²) in [7, 11) is 1.31. The molecular formula is C11H17N3O4S. The number of esters is 1. The van der Waals surface area contributed by atoms with E-state index in [1.54, 1.807) is 11.5 Å². The SMILES string of the molecule is COC(=O)C(C)n1c(SCC(=O)O)nnc1C(C)C. The predicted molar refractivity (Wildman–Crippen MR) is 69.2 cm³/mol. The molecule has 106 valence electrons. The summed E-state index contributed by atoms with van der Waals surface area (Å²) in [5, 5.41) is 17.1. The summed E-state index contributed by atoms with van der Waals surface area (Å²) < 4.78 is 6.34. The first-order chi connectivity index (χ1) is 8.88. The van der Waals surface area contributed by atoms with Crippen LogP contribution in [0.5, 0.6) is 0 Å². The van der Waals surface area contributed by atoms with Crippen LogP contribution in [0.15, 0.2) is 5.16 Å². The molecule has 1 atom stereocenters. The van der Waals surface area contributed by atoms with E-state index in [0.717, 1.165) is 11.8 Å². The van der Waals surface area contributed by atoms with E-state index in [9.17, 15) is 9.59 Å². The zero-order chi connectivity index (χ0) is 14.6. The molecule has 1 N–H and O–H groups in total. The average molecular weight is 287 g/mol. The second kappa shape index (κ2) is 6.55. The van der Waals surface area contributed by atoms with Crippen LogP contribution in [0.4, 0.5) is 0 Å². The monoisotopic (exact) mass is 287 g/mol. The summed E-state index contributed by atoms with van der Waals surface area (Å²) >= 11 is 1.03. The van der Waals surface area contributed by atoms with Crippen molar-refractivity contribution in [1.82, 2.24) is 14.8 Å². The van der Waals surface area contributed by atoms with Crippen molar-refractivity contribution in [2.45, 2.75) is 37.9 Å². The summed E-state index contributed by atoms with van der Waals surface area (Å²) in [5.41, 5.74) is 0. The van der Waals surface area contributed by atoms with Gasteiger partial charge in [-0.3, -0.25) is 9.36 Å². The van der Waals surface area contributed by atoms with E-state index >= 15 is 0 Å². The molecule has 0 fully saturated rings. The van der Waals surface area contributed by atoms with Crippen molar-refractivity contribution < 1.29 is 19.4 Å². The summed E-state index contributed by atoms with van der Waals surface area (Å²) in [6.07, 6.45) is 0. The summed E-state index contributed by atoms with van der Waals surface area (Å²) in [5.74, 6) is -0.802. The molecule has 0 aliphatic carbocycles. The first-order valence-corrected chi connectivity index (χ1v) is 6.74. The van der Waals surface area contributed by atoms with Crippen LogP contribution in [0.25, 0.3) is 0 Å². The first kappa shape index (κ1) is 15.5. The Hall–Kier alpha value is -1.57. The second-order valence-corrected chi connectivity index (χ2v) is 5.19. The molecule has 1 aromatic rings. The Bertz CT molecular complexity index is 473. The number of methoxy groups -OCH3 is 1. The van der Waals surface area contributed by atoms with E-state index in [4.69, 9.17) is 9.84 Å². The van der Waals surface area contributed by atoms with Gasteiger partial charge in [0.2, 0.25) is 0 Å². The lowest BCUT2D eigenvalue weighted by Gasteiger charge is -2.16. The maximum atomic E-state index is 11.7. The Morgan fingerprint density at radius 2 is 2.00 bits per heavy atom. The molecule has 19 heavy (non-hydrogen) atoms. The van der Waals surface area contributed by atoms with Crippen molar-refractivity contribution in [2.24, 2.45) is 0 Å². The number of nitrogens with zero attached hydrogens (tertiary/aromatic N) is 3. The highest BCUT2D eigenvalue weighted by molar-refractivity contribution is 7.99. The molecule has 0 aromatic carbocycles. The Morgan fingerprint density at radius 1 is 1.37 bits per heavy atom. The number of rotatable bonds is 6. The smallest absolute Gasteiger partial charge is 0.328 e. The molecule has 0 bridgehead atoms. The molecule has 0 saturated carbocycles. The van der Waals surface area contributed by atoms with Gasteiger partial charge in [-0.15, -0.1) is 10.2 Å². The topological polar surface area (TPSA) is 94.3 Å². The maximum absolute atomic E-state index is 11.7. The van der Waals surface area contributed by atoms with Gasteiger partial charge in [-0.25, -0.2) is 4.79 Å². The van der Waals surface area contributed by atoms with Gasteiger partial charge in [0.15, 0.2) is 5.16 Å². The van der Waals surface area contributed by atoms with E-state index in [2.05, 4.69) is 10.2 Å². The number of hydrogen-bond donors (Lipinski definition) is 1. The van der Waals surface area contributed by atoms with Crippen LogP contribution in [0.1, 0.15) is 38.6 Å². The summed E-state index contributed by atoms with van der Waals surface area (Å²) in [4.78, 5) is 22.3. The van der Waals surface area contributed by atoms with Crippen LogP contribution in [0.2, 0.25) is 0 Å². The highest BCUT2D eigenvalue weighted by Crippen LogP contribution is 2.26. The third-order valence-electron chi connectivity index (χ3n) is 2.46. The number of carbonyl (C=O) groups excluding carboxylic acids is 1. The van der Waals surface area contributed by atoms with E-state index < -0.39 is 18.0 Å². The Labute approximate surface area is 115 Å². The number of carbonyl (C=O) groups is 2. The number of carboxylic acid groups (broad SMARTS) is 1. The Morgan fingerprint density at radius 3 is 2.47 bits per heavy atom. The number of aliphatic carboxylic acids is 1. The summed E-state index contributed by atoms with van der Waals surface area (Å²) in [6, 6.07) is -0.589. The van der Waals surface area contributed by atoms with Crippen molar-refractivity contribution in [3.8, 4) is 0 Å². The van der Waals surface area contributed by atoms with E-state index in [1.165, 1.54) is 7.11 Å². The summed E-state index contributed by atoms with van der Waals surface area (Å²) in [6.45, 7) is 5.53. The van der Waals surface area contributed by atoms with Crippen molar-refractivity contribution in [1.29, 1.82) is 0 Å². The Balaban J connectivity index is 3.11. The van der Waals surface area contributed by atoms with Crippen LogP contribution in [-0.4, -0.2) is 44.7 Å². The third-order valence-corrected chi connectivity index (χ3v) is 3.39. The van der Waals surface area contributed by atoms with Crippen molar-refractivity contribution in [3.63, 3.8) is 0 Å². The fraction of sp³-hybridized carbons (Fsp3) is 0.636. The van der Waals surface area contributed by atoms with Crippen molar-refractivity contribution >= 4 is 23.7 Å². The van der Waals surface area contributed by atoms with Crippen LogP contribution < -0.4 is 0 Å². The molecular weight excluding hydrogens is 270 g/mol. The molecule has 0 radical (unpaired) electrons. The second-order valence-electron chi connectivity index (χ2n) is 4.25. The predicted octanol–water partition coefficient (Wildman–Crippen LogP) is 1.31. The number of ether oxygens (including phenoxy) is 1.